The van der Waals surface area contributed by atoms with Gasteiger partial charge in [-0.3, -0.25) is 0 Å². The van der Waals surface area contributed by atoms with E-state index in [0.717, 1.165) is 29.7 Å². The predicted molar refractivity (Wildman–Crippen MR) is 91.7 cm³/mol. The molecule has 0 aliphatic carbocycles. The van der Waals surface area contributed by atoms with Crippen LogP contribution in [-0.2, 0) is 13.2 Å². The van der Waals surface area contributed by atoms with Crippen molar-refractivity contribution in [2.24, 2.45) is 0 Å². The fourth-order valence-corrected chi connectivity index (χ4v) is 2.46. The highest BCUT2D eigenvalue weighted by atomic mass is 79.9. The van der Waals surface area contributed by atoms with Crippen LogP contribution in [0.1, 0.15) is 30.0 Å². The first-order chi connectivity index (χ1) is 10.2. The van der Waals surface area contributed by atoms with Gasteiger partial charge in [0.15, 0.2) is 0 Å². The normalized spacial score (nSPS) is 10.6. The molecule has 0 aliphatic heterocycles. The summed E-state index contributed by atoms with van der Waals surface area (Å²) in [4.78, 5) is 0. The van der Waals surface area contributed by atoms with Crippen LogP contribution in [-0.4, -0.2) is 6.54 Å². The second kappa shape index (κ2) is 8.20. The van der Waals surface area contributed by atoms with Crippen molar-refractivity contribution in [2.45, 2.75) is 33.4 Å². The summed E-state index contributed by atoms with van der Waals surface area (Å²) in [7, 11) is 0. The number of ether oxygens (including phenoxy) is 1. The van der Waals surface area contributed by atoms with Gasteiger partial charge in [-0.1, -0.05) is 53.2 Å². The molecule has 0 fully saturated rings. The predicted octanol–water partition coefficient (Wildman–Crippen LogP) is 4.84. The maximum Gasteiger partial charge on any atom is 0.127 e. The average Bonchev–Trinajstić information content (AvgIpc) is 2.48. The third-order valence-electron chi connectivity index (χ3n) is 3.33. The molecule has 2 aromatic rings. The number of hydrogen-bond acceptors (Lipinski definition) is 2. The number of nitrogens with one attached hydrogen (secondary N) is 1. The van der Waals surface area contributed by atoms with Crippen LogP contribution in [0, 0.1) is 6.92 Å². The lowest BCUT2D eigenvalue weighted by Gasteiger charge is -2.15. The van der Waals surface area contributed by atoms with E-state index in [9.17, 15) is 0 Å². The van der Waals surface area contributed by atoms with Crippen LogP contribution >= 0.6 is 15.9 Å². The molecular weight excluding hydrogens is 326 g/mol. The van der Waals surface area contributed by atoms with Crippen LogP contribution < -0.4 is 10.1 Å². The van der Waals surface area contributed by atoms with Crippen molar-refractivity contribution in [1.29, 1.82) is 0 Å². The molecule has 0 heterocycles. The minimum atomic E-state index is 0.596. The quantitative estimate of drug-likeness (QED) is 0.723. The Morgan fingerprint density at radius 2 is 1.86 bits per heavy atom. The first-order valence-electron chi connectivity index (χ1n) is 7.37. The standard InChI is InChI=1S/C18H22BrNO/c1-3-11-20-12-16-6-4-5-14(2)18(16)21-13-15-7-9-17(19)10-8-15/h4-10,20H,3,11-13H2,1-2H3. The molecule has 0 saturated heterocycles. The largest absolute Gasteiger partial charge is 0.488 e. The number of aryl methyl sites for hydroxylation is 1. The Balaban J connectivity index is 2.05. The van der Waals surface area contributed by atoms with E-state index in [2.05, 4.69) is 65.4 Å². The van der Waals surface area contributed by atoms with Gasteiger partial charge in [-0.05, 0) is 43.1 Å². The highest BCUT2D eigenvalue weighted by Crippen LogP contribution is 2.24. The number of hydrogen-bond donors (Lipinski definition) is 1. The number of halogens is 1. The monoisotopic (exact) mass is 347 g/mol. The summed E-state index contributed by atoms with van der Waals surface area (Å²) >= 11 is 3.45. The maximum absolute atomic E-state index is 6.07. The molecule has 0 bridgehead atoms. The van der Waals surface area contributed by atoms with Gasteiger partial charge in [0.25, 0.3) is 0 Å². The lowest BCUT2D eigenvalue weighted by Crippen LogP contribution is -2.15. The van der Waals surface area contributed by atoms with Crippen LogP contribution in [0.3, 0.4) is 0 Å². The summed E-state index contributed by atoms with van der Waals surface area (Å²) in [6.07, 6.45) is 1.14. The van der Waals surface area contributed by atoms with E-state index in [1.54, 1.807) is 0 Å². The Morgan fingerprint density at radius 3 is 2.57 bits per heavy atom. The molecule has 2 nitrogen and oxygen atoms in total. The van der Waals surface area contributed by atoms with Gasteiger partial charge in [-0.25, -0.2) is 0 Å². The molecule has 112 valence electrons. The Morgan fingerprint density at radius 1 is 1.10 bits per heavy atom. The SMILES string of the molecule is CCCNCc1cccc(C)c1OCc1ccc(Br)cc1. The van der Waals surface area contributed by atoms with Crippen molar-refractivity contribution in [3.05, 3.63) is 63.6 Å². The molecule has 0 saturated carbocycles. The van der Waals surface area contributed by atoms with E-state index in [1.165, 1.54) is 16.7 Å². The van der Waals surface area contributed by atoms with Crippen LogP contribution in [0.15, 0.2) is 46.9 Å². The van der Waals surface area contributed by atoms with Crippen molar-refractivity contribution < 1.29 is 4.74 Å². The van der Waals surface area contributed by atoms with Crippen LogP contribution in [0.5, 0.6) is 5.75 Å². The molecular formula is C18H22BrNO. The van der Waals surface area contributed by atoms with Crippen molar-refractivity contribution >= 4 is 15.9 Å². The molecule has 0 unspecified atom stereocenters. The fourth-order valence-electron chi connectivity index (χ4n) is 2.19. The van der Waals surface area contributed by atoms with Gasteiger partial charge in [0.2, 0.25) is 0 Å². The molecule has 0 amide bonds. The van der Waals surface area contributed by atoms with E-state index in [0.29, 0.717) is 6.61 Å². The van der Waals surface area contributed by atoms with Gasteiger partial charge < -0.3 is 10.1 Å². The van der Waals surface area contributed by atoms with Crippen LogP contribution in [0.2, 0.25) is 0 Å². The van der Waals surface area contributed by atoms with Crippen LogP contribution in [0.25, 0.3) is 0 Å². The van der Waals surface area contributed by atoms with Gasteiger partial charge in [0, 0.05) is 16.6 Å². The minimum Gasteiger partial charge on any atom is -0.488 e. The van der Waals surface area contributed by atoms with Gasteiger partial charge in [0.1, 0.15) is 12.4 Å². The van der Waals surface area contributed by atoms with E-state index in [-0.39, 0.29) is 0 Å². The van der Waals surface area contributed by atoms with E-state index < -0.39 is 0 Å². The molecule has 0 aromatic heterocycles. The third kappa shape index (κ3) is 4.87. The topological polar surface area (TPSA) is 21.3 Å². The molecule has 21 heavy (non-hydrogen) atoms. The Bertz CT molecular complexity index is 566. The summed E-state index contributed by atoms with van der Waals surface area (Å²) < 4.78 is 7.16. The summed E-state index contributed by atoms with van der Waals surface area (Å²) in [5.41, 5.74) is 3.58. The Kier molecular flexibility index (Phi) is 6.27. The molecule has 0 aliphatic rings. The van der Waals surface area contributed by atoms with E-state index in [4.69, 9.17) is 4.74 Å². The molecule has 1 N–H and O–H groups in total. The van der Waals surface area contributed by atoms with Crippen molar-refractivity contribution in [1.82, 2.24) is 5.32 Å². The number of para-hydroxylation sites is 1. The molecule has 2 aromatic carbocycles. The van der Waals surface area contributed by atoms with Gasteiger partial charge in [0.05, 0.1) is 0 Å². The van der Waals surface area contributed by atoms with Crippen molar-refractivity contribution in [2.75, 3.05) is 6.54 Å². The van der Waals surface area contributed by atoms with E-state index in [1.807, 2.05) is 12.1 Å². The summed E-state index contributed by atoms with van der Waals surface area (Å²) in [6, 6.07) is 14.6. The first-order valence-corrected chi connectivity index (χ1v) is 8.16. The molecule has 0 radical (unpaired) electrons. The summed E-state index contributed by atoms with van der Waals surface area (Å²) in [6.45, 7) is 6.75. The van der Waals surface area contributed by atoms with Gasteiger partial charge in [-0.15, -0.1) is 0 Å². The molecule has 2 rings (SSSR count). The first kappa shape index (κ1) is 16.1. The molecule has 0 atom stereocenters. The highest BCUT2D eigenvalue weighted by molar-refractivity contribution is 9.10. The molecule has 0 spiro atoms. The zero-order valence-electron chi connectivity index (χ0n) is 12.7. The van der Waals surface area contributed by atoms with Crippen molar-refractivity contribution in [3.63, 3.8) is 0 Å². The third-order valence-corrected chi connectivity index (χ3v) is 3.86. The lowest BCUT2D eigenvalue weighted by molar-refractivity contribution is 0.300. The highest BCUT2D eigenvalue weighted by Gasteiger charge is 2.07. The Labute approximate surface area is 135 Å². The van der Waals surface area contributed by atoms with E-state index >= 15 is 0 Å². The second-order valence-electron chi connectivity index (χ2n) is 5.16. The zero-order chi connectivity index (χ0) is 15.1. The van der Waals surface area contributed by atoms with Crippen LogP contribution in [0.4, 0.5) is 0 Å². The smallest absolute Gasteiger partial charge is 0.127 e. The number of rotatable bonds is 7. The summed E-state index contributed by atoms with van der Waals surface area (Å²) in [5.74, 6) is 1.00. The maximum atomic E-state index is 6.07. The molecule has 3 heteroatoms. The van der Waals surface area contributed by atoms with Crippen molar-refractivity contribution in [3.8, 4) is 5.75 Å². The Hall–Kier alpha value is -1.32. The summed E-state index contributed by atoms with van der Waals surface area (Å²) in [5, 5.41) is 3.44. The second-order valence-corrected chi connectivity index (χ2v) is 6.07. The fraction of sp³-hybridized carbons (Fsp3) is 0.333. The van der Waals surface area contributed by atoms with Gasteiger partial charge in [-0.2, -0.15) is 0 Å². The minimum absolute atomic E-state index is 0.596. The zero-order valence-corrected chi connectivity index (χ0v) is 14.2. The average molecular weight is 348 g/mol. The number of benzene rings is 2. The van der Waals surface area contributed by atoms with Gasteiger partial charge >= 0.3 is 0 Å². The lowest BCUT2D eigenvalue weighted by atomic mass is 10.1.